The van der Waals surface area contributed by atoms with Crippen molar-refractivity contribution in [3.8, 4) is 0 Å². The molecule has 0 saturated carbocycles. The van der Waals surface area contributed by atoms with Crippen LogP contribution in [0.15, 0.2) is 16.3 Å². The molecule has 0 aliphatic carbocycles. The van der Waals surface area contributed by atoms with Gasteiger partial charge in [-0.2, -0.15) is 0 Å². The van der Waals surface area contributed by atoms with Crippen molar-refractivity contribution in [1.29, 1.82) is 0 Å². The highest BCUT2D eigenvalue weighted by Crippen LogP contribution is 2.21. The maximum absolute atomic E-state index is 12.0. The van der Waals surface area contributed by atoms with Crippen molar-refractivity contribution in [2.45, 2.75) is 17.7 Å². The third-order valence-electron chi connectivity index (χ3n) is 2.42. The minimum atomic E-state index is -3.43. The Balaban J connectivity index is 2.38. The predicted octanol–water partition coefficient (Wildman–Crippen LogP) is 0.799. The molecule has 1 aromatic rings. The molecular formula is C12H22N2O4S2. The number of rotatable bonds is 11. The summed E-state index contributed by atoms with van der Waals surface area (Å²) in [7, 11) is -1.84. The van der Waals surface area contributed by atoms with E-state index in [1.807, 2.05) is 13.0 Å². The highest BCUT2D eigenvalue weighted by Gasteiger charge is 2.15. The number of sulfonamides is 1. The molecule has 1 rings (SSSR count). The van der Waals surface area contributed by atoms with E-state index in [4.69, 9.17) is 9.47 Å². The van der Waals surface area contributed by atoms with E-state index in [0.717, 1.165) is 11.4 Å². The third-order valence-corrected chi connectivity index (χ3v) is 5.46. The zero-order chi connectivity index (χ0) is 14.8. The smallest absolute Gasteiger partial charge is 0.250 e. The van der Waals surface area contributed by atoms with E-state index in [2.05, 4.69) is 10.0 Å². The first-order chi connectivity index (χ1) is 9.60. The molecule has 0 unspecified atom stereocenters. The fraction of sp³-hybridized carbons (Fsp3) is 0.667. The summed E-state index contributed by atoms with van der Waals surface area (Å²) in [5.41, 5.74) is 0. The number of thiophene rings is 1. The number of nitrogens with one attached hydrogen (secondary N) is 2. The molecule has 0 radical (unpaired) electrons. The van der Waals surface area contributed by atoms with Crippen LogP contribution in [0.2, 0.25) is 0 Å². The van der Waals surface area contributed by atoms with Crippen LogP contribution in [-0.2, 0) is 26.0 Å². The normalized spacial score (nSPS) is 11.9. The lowest BCUT2D eigenvalue weighted by Gasteiger charge is -2.05. The molecular weight excluding hydrogens is 300 g/mol. The Morgan fingerprint density at radius 2 is 2.05 bits per heavy atom. The van der Waals surface area contributed by atoms with E-state index in [0.29, 0.717) is 30.6 Å². The summed E-state index contributed by atoms with van der Waals surface area (Å²) in [6.45, 7) is 5.12. The average molecular weight is 322 g/mol. The van der Waals surface area contributed by atoms with Gasteiger partial charge in [0, 0.05) is 25.1 Å². The van der Waals surface area contributed by atoms with Gasteiger partial charge in [-0.15, -0.1) is 11.3 Å². The van der Waals surface area contributed by atoms with Crippen LogP contribution in [0.25, 0.3) is 0 Å². The van der Waals surface area contributed by atoms with Crippen molar-refractivity contribution in [2.24, 2.45) is 0 Å². The maximum atomic E-state index is 12.0. The van der Waals surface area contributed by atoms with Gasteiger partial charge in [-0.1, -0.05) is 6.92 Å². The number of methoxy groups -OCH3 is 1. The zero-order valence-electron chi connectivity index (χ0n) is 11.8. The minimum absolute atomic E-state index is 0.256. The average Bonchev–Trinajstić information content (AvgIpc) is 2.90. The van der Waals surface area contributed by atoms with E-state index >= 15 is 0 Å². The summed E-state index contributed by atoms with van der Waals surface area (Å²) in [5, 5.41) is 3.16. The number of hydrogen-bond acceptors (Lipinski definition) is 6. The molecule has 0 atom stereocenters. The van der Waals surface area contributed by atoms with Gasteiger partial charge in [-0.3, -0.25) is 0 Å². The van der Waals surface area contributed by atoms with Gasteiger partial charge >= 0.3 is 0 Å². The lowest BCUT2D eigenvalue weighted by atomic mass is 10.4. The predicted molar refractivity (Wildman–Crippen MR) is 79.6 cm³/mol. The largest absolute Gasteiger partial charge is 0.382 e. The van der Waals surface area contributed by atoms with Crippen LogP contribution in [0.3, 0.4) is 0 Å². The fourth-order valence-electron chi connectivity index (χ4n) is 1.41. The summed E-state index contributed by atoms with van der Waals surface area (Å²) in [5.74, 6) is 0. The molecule has 1 aromatic heterocycles. The second-order valence-corrected chi connectivity index (χ2v) is 7.17. The molecule has 0 amide bonds. The van der Waals surface area contributed by atoms with Gasteiger partial charge in [0.25, 0.3) is 0 Å². The van der Waals surface area contributed by atoms with Crippen molar-refractivity contribution in [1.82, 2.24) is 10.0 Å². The quantitative estimate of drug-likeness (QED) is 0.589. The summed E-state index contributed by atoms with van der Waals surface area (Å²) in [6.07, 6.45) is 0. The van der Waals surface area contributed by atoms with Gasteiger partial charge in [0.1, 0.15) is 4.21 Å². The van der Waals surface area contributed by atoms with E-state index < -0.39 is 10.0 Å². The Morgan fingerprint density at radius 1 is 1.25 bits per heavy atom. The second kappa shape index (κ2) is 9.43. The SMILES string of the molecule is CCNCc1ccc(S(=O)(=O)NCCOCCOC)s1. The van der Waals surface area contributed by atoms with E-state index in [-0.39, 0.29) is 6.54 Å². The van der Waals surface area contributed by atoms with Crippen molar-refractivity contribution < 1.29 is 17.9 Å². The van der Waals surface area contributed by atoms with Crippen LogP contribution in [0.5, 0.6) is 0 Å². The molecule has 0 bridgehead atoms. The molecule has 0 saturated heterocycles. The highest BCUT2D eigenvalue weighted by atomic mass is 32.2. The van der Waals surface area contributed by atoms with Crippen LogP contribution >= 0.6 is 11.3 Å². The van der Waals surface area contributed by atoms with Crippen molar-refractivity contribution in [3.63, 3.8) is 0 Å². The first kappa shape index (κ1) is 17.5. The van der Waals surface area contributed by atoms with Crippen LogP contribution < -0.4 is 10.0 Å². The summed E-state index contributed by atoms with van der Waals surface area (Å²) >= 11 is 1.28. The van der Waals surface area contributed by atoms with Crippen LogP contribution in [0.4, 0.5) is 0 Å². The van der Waals surface area contributed by atoms with Gasteiger partial charge in [0.05, 0.1) is 19.8 Å². The molecule has 0 aromatic carbocycles. The molecule has 116 valence electrons. The zero-order valence-corrected chi connectivity index (χ0v) is 13.5. The minimum Gasteiger partial charge on any atom is -0.382 e. The monoisotopic (exact) mass is 322 g/mol. The molecule has 6 nitrogen and oxygen atoms in total. The molecule has 8 heteroatoms. The fourth-order valence-corrected chi connectivity index (χ4v) is 3.79. The number of hydrogen-bond donors (Lipinski definition) is 2. The Kier molecular flexibility index (Phi) is 8.27. The second-order valence-electron chi connectivity index (χ2n) is 4.00. The van der Waals surface area contributed by atoms with Gasteiger partial charge in [-0.25, -0.2) is 13.1 Å². The third kappa shape index (κ3) is 6.29. The number of ether oxygens (including phenoxy) is 2. The van der Waals surface area contributed by atoms with Gasteiger partial charge in [0.2, 0.25) is 10.0 Å². The Labute approximate surface area is 124 Å². The van der Waals surface area contributed by atoms with Crippen molar-refractivity contribution >= 4 is 21.4 Å². The first-order valence-electron chi connectivity index (χ1n) is 6.46. The molecule has 2 N–H and O–H groups in total. The standard InChI is InChI=1S/C12H22N2O4S2/c1-3-13-10-11-4-5-12(19-11)20(15,16)14-6-7-18-9-8-17-2/h4-5,13-14H,3,6-10H2,1-2H3. The molecule has 0 spiro atoms. The topological polar surface area (TPSA) is 76.7 Å². The molecule has 0 fully saturated rings. The Hall–Kier alpha value is -0.510. The summed E-state index contributed by atoms with van der Waals surface area (Å²) < 4.78 is 36.9. The molecule has 1 heterocycles. The van der Waals surface area contributed by atoms with Crippen LogP contribution in [-0.4, -0.2) is 48.4 Å². The maximum Gasteiger partial charge on any atom is 0.250 e. The summed E-state index contributed by atoms with van der Waals surface area (Å²) in [4.78, 5) is 1.00. The lowest BCUT2D eigenvalue weighted by Crippen LogP contribution is -2.27. The van der Waals surface area contributed by atoms with Gasteiger partial charge in [0.15, 0.2) is 0 Å². The van der Waals surface area contributed by atoms with Crippen molar-refractivity contribution in [2.75, 3.05) is 40.0 Å². The Morgan fingerprint density at radius 3 is 2.75 bits per heavy atom. The molecule has 20 heavy (non-hydrogen) atoms. The van der Waals surface area contributed by atoms with Crippen LogP contribution in [0, 0.1) is 0 Å². The summed E-state index contributed by atoms with van der Waals surface area (Å²) in [6, 6.07) is 3.46. The molecule has 0 aliphatic heterocycles. The van der Waals surface area contributed by atoms with E-state index in [1.54, 1.807) is 13.2 Å². The first-order valence-corrected chi connectivity index (χ1v) is 8.76. The van der Waals surface area contributed by atoms with Crippen molar-refractivity contribution in [3.05, 3.63) is 17.0 Å². The highest BCUT2D eigenvalue weighted by molar-refractivity contribution is 7.91. The Bertz CT molecular complexity index is 474. The van der Waals surface area contributed by atoms with Gasteiger partial charge < -0.3 is 14.8 Å². The van der Waals surface area contributed by atoms with Crippen LogP contribution in [0.1, 0.15) is 11.8 Å². The van der Waals surface area contributed by atoms with E-state index in [9.17, 15) is 8.42 Å². The van der Waals surface area contributed by atoms with E-state index in [1.165, 1.54) is 11.3 Å². The van der Waals surface area contributed by atoms with Gasteiger partial charge in [-0.05, 0) is 18.7 Å². The molecule has 0 aliphatic rings. The lowest BCUT2D eigenvalue weighted by molar-refractivity contribution is 0.0736.